The van der Waals surface area contributed by atoms with Crippen LogP contribution < -0.4 is 20.5 Å². The average molecular weight is 408 g/mol. The van der Waals surface area contributed by atoms with Gasteiger partial charge < -0.3 is 4.74 Å². The molecule has 0 spiro atoms. The molecule has 2 heterocycles. The Bertz CT molecular complexity index is 1050. The minimum Gasteiger partial charge on any atom is -0.482 e. The lowest BCUT2D eigenvalue weighted by Gasteiger charge is -2.28. The van der Waals surface area contributed by atoms with Crippen molar-refractivity contribution in [3.05, 3.63) is 59.7 Å². The third-order valence-electron chi connectivity index (χ3n) is 4.63. The molecule has 0 saturated heterocycles. The van der Waals surface area contributed by atoms with E-state index in [-0.39, 0.29) is 24.3 Å². The summed E-state index contributed by atoms with van der Waals surface area (Å²) in [6.45, 7) is -1.09. The number of hydrogen-bond acceptors (Lipinski definition) is 6. The third kappa shape index (κ3) is 3.46. The zero-order valence-electron chi connectivity index (χ0n) is 15.6. The van der Waals surface area contributed by atoms with Crippen LogP contribution in [0, 0.1) is 0 Å². The highest BCUT2D eigenvalue weighted by Crippen LogP contribution is 2.31. The number of fused-ring (bicyclic) bond motifs is 2. The number of para-hydroxylation sites is 2. The van der Waals surface area contributed by atoms with E-state index >= 15 is 0 Å². The largest absolute Gasteiger partial charge is 0.482 e. The van der Waals surface area contributed by atoms with Gasteiger partial charge in [-0.2, -0.15) is 0 Å². The van der Waals surface area contributed by atoms with Gasteiger partial charge in [0.1, 0.15) is 18.8 Å². The number of anilines is 1. The highest BCUT2D eigenvalue weighted by atomic mass is 16.5. The molecular weight excluding hydrogens is 392 g/mol. The van der Waals surface area contributed by atoms with Crippen LogP contribution in [-0.2, 0) is 14.4 Å². The number of imide groups is 1. The molecule has 152 valence electrons. The second-order valence-corrected chi connectivity index (χ2v) is 6.57. The number of hydrazine groups is 1. The van der Waals surface area contributed by atoms with Crippen molar-refractivity contribution in [1.29, 1.82) is 0 Å². The summed E-state index contributed by atoms with van der Waals surface area (Å²) in [7, 11) is 0. The van der Waals surface area contributed by atoms with Gasteiger partial charge in [0.15, 0.2) is 6.61 Å². The lowest BCUT2D eigenvalue weighted by molar-refractivity contribution is -0.129. The van der Waals surface area contributed by atoms with Gasteiger partial charge in [-0.1, -0.05) is 24.3 Å². The number of nitrogens with zero attached hydrogens (tertiary/aromatic N) is 2. The second-order valence-electron chi connectivity index (χ2n) is 6.57. The first kappa shape index (κ1) is 19.1. The Morgan fingerprint density at radius 2 is 1.33 bits per heavy atom. The number of amides is 5. The van der Waals surface area contributed by atoms with Gasteiger partial charge in [0.05, 0.1) is 16.8 Å². The van der Waals surface area contributed by atoms with E-state index in [9.17, 15) is 24.0 Å². The van der Waals surface area contributed by atoms with E-state index in [1.165, 1.54) is 17.0 Å². The fourth-order valence-corrected chi connectivity index (χ4v) is 3.22. The maximum absolute atomic E-state index is 12.3. The first-order valence-electron chi connectivity index (χ1n) is 9.01. The molecule has 10 heteroatoms. The van der Waals surface area contributed by atoms with Crippen LogP contribution in [0.2, 0.25) is 0 Å². The molecule has 2 aromatic rings. The highest BCUT2D eigenvalue weighted by molar-refractivity contribution is 6.22. The molecule has 30 heavy (non-hydrogen) atoms. The lowest BCUT2D eigenvalue weighted by Crippen LogP contribution is -2.52. The van der Waals surface area contributed by atoms with Crippen LogP contribution in [0.3, 0.4) is 0 Å². The molecule has 0 saturated carbocycles. The van der Waals surface area contributed by atoms with Crippen LogP contribution in [0.5, 0.6) is 5.75 Å². The number of carbonyl (C=O) groups is 5. The van der Waals surface area contributed by atoms with Crippen molar-refractivity contribution >= 4 is 35.2 Å². The van der Waals surface area contributed by atoms with Gasteiger partial charge in [-0.25, -0.2) is 0 Å². The van der Waals surface area contributed by atoms with E-state index < -0.39 is 36.1 Å². The van der Waals surface area contributed by atoms with Crippen LogP contribution in [0.25, 0.3) is 0 Å². The van der Waals surface area contributed by atoms with Crippen molar-refractivity contribution in [2.75, 3.05) is 24.6 Å². The van der Waals surface area contributed by atoms with E-state index in [0.29, 0.717) is 11.4 Å². The Balaban J connectivity index is 1.33. The van der Waals surface area contributed by atoms with Gasteiger partial charge in [0.25, 0.3) is 29.5 Å². The van der Waals surface area contributed by atoms with Crippen molar-refractivity contribution in [3.8, 4) is 5.75 Å². The predicted molar refractivity (Wildman–Crippen MR) is 102 cm³/mol. The molecule has 2 aliphatic rings. The first-order chi connectivity index (χ1) is 14.5. The topological polar surface area (TPSA) is 125 Å². The maximum Gasteiger partial charge on any atom is 0.265 e. The quantitative estimate of drug-likeness (QED) is 0.536. The summed E-state index contributed by atoms with van der Waals surface area (Å²) >= 11 is 0. The molecule has 2 aromatic carbocycles. The zero-order valence-corrected chi connectivity index (χ0v) is 15.6. The smallest absolute Gasteiger partial charge is 0.265 e. The lowest BCUT2D eigenvalue weighted by atomic mass is 10.1. The van der Waals surface area contributed by atoms with Crippen molar-refractivity contribution in [2.24, 2.45) is 0 Å². The predicted octanol–water partition coefficient (Wildman–Crippen LogP) is -0.144. The second kappa shape index (κ2) is 7.66. The Kier molecular flexibility index (Phi) is 4.88. The fraction of sp³-hybridized carbons (Fsp3) is 0.150. The van der Waals surface area contributed by atoms with Gasteiger partial charge in [0, 0.05) is 0 Å². The number of benzene rings is 2. The number of ether oxygens (including phenoxy) is 1. The molecule has 2 aliphatic heterocycles. The average Bonchev–Trinajstić information content (AvgIpc) is 2.99. The van der Waals surface area contributed by atoms with Crippen LogP contribution in [0.1, 0.15) is 20.7 Å². The van der Waals surface area contributed by atoms with E-state index in [4.69, 9.17) is 4.74 Å². The van der Waals surface area contributed by atoms with Crippen molar-refractivity contribution in [3.63, 3.8) is 0 Å². The van der Waals surface area contributed by atoms with Gasteiger partial charge in [0.2, 0.25) is 0 Å². The highest BCUT2D eigenvalue weighted by Gasteiger charge is 2.36. The molecule has 2 N–H and O–H groups in total. The summed E-state index contributed by atoms with van der Waals surface area (Å²) in [5, 5.41) is 0. The molecular formula is C20H16N4O6. The third-order valence-corrected chi connectivity index (χ3v) is 4.63. The molecule has 0 fully saturated rings. The van der Waals surface area contributed by atoms with Crippen LogP contribution in [0.4, 0.5) is 5.69 Å². The Morgan fingerprint density at radius 3 is 1.97 bits per heavy atom. The Morgan fingerprint density at radius 1 is 0.800 bits per heavy atom. The summed E-state index contributed by atoms with van der Waals surface area (Å²) in [6, 6.07) is 13.0. The molecule has 0 atom stereocenters. The van der Waals surface area contributed by atoms with Crippen LogP contribution >= 0.6 is 0 Å². The van der Waals surface area contributed by atoms with E-state index in [2.05, 4.69) is 10.9 Å². The molecule has 5 amide bonds. The molecule has 0 aliphatic carbocycles. The number of hydrogen-bond donors (Lipinski definition) is 2. The fourth-order valence-electron chi connectivity index (χ4n) is 3.22. The SMILES string of the molecule is O=C(CN1C(=O)c2ccccc2C1=O)NNC(=O)CN1C(=O)COc2ccccc21. The summed E-state index contributed by atoms with van der Waals surface area (Å²) in [6.07, 6.45) is 0. The summed E-state index contributed by atoms with van der Waals surface area (Å²) < 4.78 is 5.30. The molecule has 0 aromatic heterocycles. The van der Waals surface area contributed by atoms with Crippen LogP contribution in [-0.4, -0.2) is 54.1 Å². The Hall–Kier alpha value is -4.21. The van der Waals surface area contributed by atoms with Gasteiger partial charge in [-0.05, 0) is 24.3 Å². The van der Waals surface area contributed by atoms with Crippen LogP contribution in [0.15, 0.2) is 48.5 Å². The number of nitrogens with one attached hydrogen (secondary N) is 2. The number of carbonyl (C=O) groups excluding carboxylic acids is 5. The summed E-state index contributed by atoms with van der Waals surface area (Å²) in [4.78, 5) is 63.0. The summed E-state index contributed by atoms with van der Waals surface area (Å²) in [5.41, 5.74) is 5.23. The van der Waals surface area contributed by atoms with E-state index in [1.807, 2.05) is 0 Å². The molecule has 0 radical (unpaired) electrons. The van der Waals surface area contributed by atoms with Gasteiger partial charge >= 0.3 is 0 Å². The normalized spacial score (nSPS) is 14.7. The molecule has 10 nitrogen and oxygen atoms in total. The summed E-state index contributed by atoms with van der Waals surface area (Å²) in [5.74, 6) is -2.50. The molecule has 4 rings (SSSR count). The number of rotatable bonds is 4. The zero-order chi connectivity index (χ0) is 21.3. The van der Waals surface area contributed by atoms with E-state index in [1.54, 1.807) is 36.4 Å². The van der Waals surface area contributed by atoms with Crippen molar-refractivity contribution in [1.82, 2.24) is 15.8 Å². The maximum atomic E-state index is 12.3. The standard InChI is InChI=1S/C20H16N4O6/c25-16(9-23-14-7-3-4-8-15(14)30-11-18(23)27)21-22-17(26)10-24-19(28)12-5-1-2-6-13(12)20(24)29/h1-8H,9-11H2,(H,21,25)(H,22,26). The van der Waals surface area contributed by atoms with Gasteiger partial charge in [-0.15, -0.1) is 0 Å². The Labute approximate surface area is 170 Å². The molecule has 0 bridgehead atoms. The minimum absolute atomic E-state index is 0.198. The first-order valence-corrected chi connectivity index (χ1v) is 9.01. The molecule has 0 unspecified atom stereocenters. The van der Waals surface area contributed by atoms with E-state index in [0.717, 1.165) is 4.90 Å². The van der Waals surface area contributed by atoms with Crippen molar-refractivity contribution in [2.45, 2.75) is 0 Å². The van der Waals surface area contributed by atoms with Crippen molar-refractivity contribution < 1.29 is 28.7 Å². The minimum atomic E-state index is -0.758. The monoisotopic (exact) mass is 408 g/mol. The van der Waals surface area contributed by atoms with Gasteiger partial charge in [-0.3, -0.25) is 44.6 Å².